The van der Waals surface area contributed by atoms with Gasteiger partial charge in [0.25, 0.3) is 10.1 Å². The van der Waals surface area contributed by atoms with Crippen molar-refractivity contribution in [2.24, 2.45) is 0 Å². The number of pyridine rings is 1. The van der Waals surface area contributed by atoms with E-state index in [4.69, 9.17) is 18.9 Å². The molecule has 0 spiro atoms. The molecule has 0 atom stereocenters. The van der Waals surface area contributed by atoms with Crippen LogP contribution in [0.4, 0.5) is 5.82 Å². The summed E-state index contributed by atoms with van der Waals surface area (Å²) in [7, 11) is -3.50. The second-order valence-electron chi connectivity index (χ2n) is 8.77. The van der Waals surface area contributed by atoms with E-state index in [1.54, 1.807) is 0 Å². The molecule has 2 aromatic heterocycles. The fourth-order valence-corrected chi connectivity index (χ4v) is 4.61. The van der Waals surface area contributed by atoms with Crippen molar-refractivity contribution >= 4 is 37.9 Å². The predicted molar refractivity (Wildman–Crippen MR) is 145 cm³/mol. The number of benzene rings is 3. The van der Waals surface area contributed by atoms with Gasteiger partial charge in [-0.1, -0.05) is 78.9 Å². The third-order valence-electron chi connectivity index (χ3n) is 5.86. The molecule has 9 heteroatoms. The molecule has 0 aliphatic heterocycles. The zero-order chi connectivity index (χ0) is 25.7. The number of anilines is 1. The average molecular weight is 517 g/mol. The van der Waals surface area contributed by atoms with Gasteiger partial charge < -0.3 is 14.6 Å². The number of nitrogens with zero attached hydrogens (tertiary/aromatic N) is 3. The maximum atomic E-state index is 11.2. The fraction of sp³-hybridized carbons (Fsp3) is 0.214. The minimum absolute atomic E-state index is 0.0449. The Bertz CT molecular complexity index is 1550. The highest BCUT2D eigenvalue weighted by Gasteiger charge is 2.19. The third kappa shape index (κ3) is 6.32. The van der Waals surface area contributed by atoms with E-state index < -0.39 is 10.1 Å². The van der Waals surface area contributed by atoms with Gasteiger partial charge in [0.2, 0.25) is 0 Å². The Labute approximate surface area is 216 Å². The molecule has 190 valence electrons. The molecule has 2 heterocycles. The quantitative estimate of drug-likeness (QED) is 0.199. The van der Waals surface area contributed by atoms with Crippen molar-refractivity contribution in [3.05, 3.63) is 102 Å². The number of imidazole rings is 1. The van der Waals surface area contributed by atoms with Gasteiger partial charge in [0.05, 0.1) is 25.0 Å². The van der Waals surface area contributed by atoms with Crippen LogP contribution >= 0.6 is 0 Å². The van der Waals surface area contributed by atoms with Crippen molar-refractivity contribution in [3.63, 3.8) is 0 Å². The van der Waals surface area contributed by atoms with E-state index in [9.17, 15) is 8.42 Å². The number of aromatic nitrogens is 3. The van der Waals surface area contributed by atoms with Crippen LogP contribution in [0.1, 0.15) is 17.0 Å². The molecule has 0 fully saturated rings. The lowest BCUT2D eigenvalue weighted by atomic mass is 10.1. The van der Waals surface area contributed by atoms with Crippen molar-refractivity contribution in [1.29, 1.82) is 0 Å². The van der Waals surface area contributed by atoms with Crippen LogP contribution in [0, 0.1) is 0 Å². The van der Waals surface area contributed by atoms with Crippen LogP contribution < -0.4 is 4.90 Å². The maximum absolute atomic E-state index is 11.2. The van der Waals surface area contributed by atoms with Gasteiger partial charge in [-0.3, -0.25) is 4.18 Å². The van der Waals surface area contributed by atoms with E-state index in [1.807, 2.05) is 60.7 Å². The molecule has 3 aromatic carbocycles. The van der Waals surface area contributed by atoms with Gasteiger partial charge in [-0.05, 0) is 17.2 Å². The van der Waals surface area contributed by atoms with E-state index in [0.717, 1.165) is 34.0 Å². The van der Waals surface area contributed by atoms with Gasteiger partial charge in [0, 0.05) is 18.5 Å². The van der Waals surface area contributed by atoms with Crippen LogP contribution in [-0.4, -0.2) is 42.8 Å². The normalized spacial score (nSPS) is 11.8. The van der Waals surface area contributed by atoms with Crippen molar-refractivity contribution in [2.75, 3.05) is 24.4 Å². The summed E-state index contributed by atoms with van der Waals surface area (Å²) in [6.45, 7) is 1.61. The Hall–Kier alpha value is -3.79. The number of nitrogens with one attached hydrogen (secondary N) is 1. The highest BCUT2D eigenvalue weighted by molar-refractivity contribution is 7.85. The van der Waals surface area contributed by atoms with E-state index in [-0.39, 0.29) is 19.8 Å². The Morgan fingerprint density at radius 2 is 1.43 bits per heavy atom. The van der Waals surface area contributed by atoms with Crippen molar-refractivity contribution < 1.29 is 17.3 Å². The first kappa shape index (κ1) is 24.9. The molecule has 37 heavy (non-hydrogen) atoms. The van der Waals surface area contributed by atoms with Gasteiger partial charge in [0.1, 0.15) is 23.5 Å². The minimum atomic E-state index is -3.50. The lowest BCUT2D eigenvalue weighted by Gasteiger charge is -2.25. The molecule has 0 radical (unpaired) electrons. The molecule has 0 unspecified atom stereocenters. The summed E-state index contributed by atoms with van der Waals surface area (Å²) < 4.78 is 32.7. The molecule has 5 rings (SSSR count). The van der Waals surface area contributed by atoms with Gasteiger partial charge in [-0.2, -0.15) is 8.42 Å². The summed E-state index contributed by atoms with van der Waals surface area (Å²) in [6, 6.07) is 28.6. The first-order valence-corrected chi connectivity index (χ1v) is 13.8. The lowest BCUT2D eigenvalue weighted by Crippen LogP contribution is -2.23. The van der Waals surface area contributed by atoms with E-state index in [2.05, 4.69) is 34.1 Å². The zero-order valence-corrected chi connectivity index (χ0v) is 21.3. The molecular formula is C28H28N4O4S. The Balaban J connectivity index is 1.51. The molecule has 0 aliphatic rings. The molecular weight excluding hydrogens is 488 g/mol. The van der Waals surface area contributed by atoms with Crippen molar-refractivity contribution in [2.45, 2.75) is 19.7 Å². The molecule has 0 aliphatic carbocycles. The monoisotopic (exact) mass is 516 g/mol. The summed E-state index contributed by atoms with van der Waals surface area (Å²) in [5.41, 5.74) is 4.86. The van der Waals surface area contributed by atoms with Crippen LogP contribution in [0.3, 0.4) is 0 Å². The Morgan fingerprint density at radius 1 is 0.811 bits per heavy atom. The SMILES string of the molecule is CS(=O)(=O)OCCOCc1nc2c([nH]1)c(N(Cc1ccccc1)Cc1ccccc1)nc1ccccc12. The molecule has 0 amide bonds. The van der Waals surface area contributed by atoms with Crippen molar-refractivity contribution in [3.8, 4) is 0 Å². The number of H-pyrrole nitrogens is 1. The van der Waals surface area contributed by atoms with Gasteiger partial charge >= 0.3 is 0 Å². The topological polar surface area (TPSA) is 97.4 Å². The van der Waals surface area contributed by atoms with Gasteiger partial charge in [-0.25, -0.2) is 9.97 Å². The number of aromatic amines is 1. The second-order valence-corrected chi connectivity index (χ2v) is 10.4. The first-order chi connectivity index (χ1) is 18.0. The lowest BCUT2D eigenvalue weighted by molar-refractivity contribution is 0.0875. The number of fused-ring (bicyclic) bond motifs is 3. The van der Waals surface area contributed by atoms with Crippen LogP contribution in [0.2, 0.25) is 0 Å². The average Bonchev–Trinajstić information content (AvgIpc) is 3.33. The second kappa shape index (κ2) is 11.1. The van der Waals surface area contributed by atoms with Crippen molar-refractivity contribution in [1.82, 2.24) is 15.0 Å². The fourth-order valence-electron chi connectivity index (χ4n) is 4.24. The van der Waals surface area contributed by atoms with Gasteiger partial charge in [-0.15, -0.1) is 0 Å². The predicted octanol–water partition coefficient (Wildman–Crippen LogP) is 4.81. The smallest absolute Gasteiger partial charge is 0.264 e. The number of para-hydroxylation sites is 1. The van der Waals surface area contributed by atoms with E-state index >= 15 is 0 Å². The Morgan fingerprint density at radius 3 is 2.08 bits per heavy atom. The van der Waals surface area contributed by atoms with E-state index in [0.29, 0.717) is 18.9 Å². The molecule has 0 saturated carbocycles. The van der Waals surface area contributed by atoms with Crippen LogP contribution in [-0.2, 0) is 38.7 Å². The summed E-state index contributed by atoms with van der Waals surface area (Å²) in [5.74, 6) is 1.44. The summed E-state index contributed by atoms with van der Waals surface area (Å²) in [6.07, 6.45) is 1.02. The number of ether oxygens (including phenoxy) is 1. The largest absolute Gasteiger partial charge is 0.371 e. The van der Waals surface area contributed by atoms with Crippen LogP contribution in [0.15, 0.2) is 84.9 Å². The van der Waals surface area contributed by atoms with Crippen LogP contribution in [0.5, 0.6) is 0 Å². The molecule has 8 nitrogen and oxygen atoms in total. The zero-order valence-electron chi connectivity index (χ0n) is 20.5. The highest BCUT2D eigenvalue weighted by atomic mass is 32.2. The molecule has 5 aromatic rings. The molecule has 1 N–H and O–H groups in total. The van der Waals surface area contributed by atoms with Gasteiger partial charge in [0.15, 0.2) is 5.82 Å². The molecule has 0 bridgehead atoms. The number of hydrogen-bond donors (Lipinski definition) is 1. The third-order valence-corrected chi connectivity index (χ3v) is 6.45. The van der Waals surface area contributed by atoms with Crippen LogP contribution in [0.25, 0.3) is 21.9 Å². The minimum Gasteiger partial charge on any atom is -0.371 e. The van der Waals surface area contributed by atoms with E-state index in [1.165, 1.54) is 11.1 Å². The summed E-state index contributed by atoms with van der Waals surface area (Å²) >= 11 is 0. The summed E-state index contributed by atoms with van der Waals surface area (Å²) in [4.78, 5) is 15.6. The number of hydrogen-bond acceptors (Lipinski definition) is 7. The standard InChI is InChI=1S/C28H28N4O4S/c1-37(33,34)36-17-16-35-20-25-30-26-23-14-8-9-15-24(23)29-28(27(26)31-25)32(18-21-10-4-2-5-11-21)19-22-12-6-3-7-13-22/h2-15H,16-20H2,1H3,(H,30,31). The number of rotatable bonds is 11. The maximum Gasteiger partial charge on any atom is 0.264 e. The first-order valence-electron chi connectivity index (χ1n) is 12.0. The highest BCUT2D eigenvalue weighted by Crippen LogP contribution is 2.32. The molecule has 0 saturated heterocycles. The Kier molecular flexibility index (Phi) is 7.45. The summed E-state index contributed by atoms with van der Waals surface area (Å²) in [5, 5.41) is 0.948.